The maximum Gasteiger partial charge on any atom is 0.325 e. The summed E-state index contributed by atoms with van der Waals surface area (Å²) in [5.74, 6) is -0.860. The lowest BCUT2D eigenvalue weighted by molar-refractivity contribution is -0.141. The Hall–Kier alpha value is -1.33. The van der Waals surface area contributed by atoms with Gasteiger partial charge >= 0.3 is 5.97 Å². The van der Waals surface area contributed by atoms with E-state index in [0.717, 1.165) is 0 Å². The molecule has 1 heterocycles. The average molecular weight is 305 g/mol. The van der Waals surface area contributed by atoms with Crippen molar-refractivity contribution in [3.63, 3.8) is 0 Å². The van der Waals surface area contributed by atoms with Crippen LogP contribution in [0.1, 0.15) is 23.7 Å². The summed E-state index contributed by atoms with van der Waals surface area (Å²) in [4.78, 5) is 28.7. The van der Waals surface area contributed by atoms with Crippen LogP contribution in [0.25, 0.3) is 0 Å². The van der Waals surface area contributed by atoms with Gasteiger partial charge in [-0.3, -0.25) is 9.59 Å². The van der Waals surface area contributed by atoms with Crippen LogP contribution in [-0.2, 0) is 9.53 Å². The Morgan fingerprint density at radius 3 is 2.58 bits per heavy atom. The van der Waals surface area contributed by atoms with E-state index in [-0.39, 0.29) is 28.3 Å². The zero-order chi connectivity index (χ0) is 14.4. The van der Waals surface area contributed by atoms with Crippen molar-refractivity contribution < 1.29 is 14.3 Å². The third-order valence-corrected chi connectivity index (χ3v) is 2.87. The summed E-state index contributed by atoms with van der Waals surface area (Å²) in [6, 6.07) is 2.96. The van der Waals surface area contributed by atoms with Gasteiger partial charge in [0.15, 0.2) is 0 Å². The molecule has 5 nitrogen and oxygen atoms in total. The number of methoxy groups -OCH3 is 1. The lowest BCUT2D eigenvalue weighted by Crippen LogP contribution is -2.37. The first-order chi connectivity index (χ1) is 8.99. The Balaban J connectivity index is 2.95. The molecule has 1 aromatic heterocycles. The summed E-state index contributed by atoms with van der Waals surface area (Å²) in [6.07, 6.45) is 0.710. The number of nitrogens with zero attached hydrogens (tertiary/aromatic N) is 2. The van der Waals surface area contributed by atoms with Crippen LogP contribution < -0.4 is 0 Å². The van der Waals surface area contributed by atoms with Crippen LogP contribution in [0.5, 0.6) is 0 Å². The van der Waals surface area contributed by atoms with Gasteiger partial charge in [-0.05, 0) is 18.6 Å². The molecule has 7 heteroatoms. The van der Waals surface area contributed by atoms with Gasteiger partial charge in [-0.1, -0.05) is 30.1 Å². The summed E-state index contributed by atoms with van der Waals surface area (Å²) in [5, 5.41) is 0.222. The maximum atomic E-state index is 12.3. The first kappa shape index (κ1) is 15.7. The molecule has 0 fully saturated rings. The largest absolute Gasteiger partial charge is 0.468 e. The van der Waals surface area contributed by atoms with Gasteiger partial charge in [0.05, 0.1) is 12.7 Å². The Morgan fingerprint density at radius 2 is 2.05 bits per heavy atom. The van der Waals surface area contributed by atoms with Gasteiger partial charge < -0.3 is 9.64 Å². The highest BCUT2D eigenvalue weighted by Crippen LogP contribution is 2.18. The number of hydrogen-bond acceptors (Lipinski definition) is 4. The monoisotopic (exact) mass is 304 g/mol. The molecule has 1 amide bonds. The molecule has 0 aliphatic heterocycles. The van der Waals surface area contributed by atoms with E-state index in [9.17, 15) is 9.59 Å². The van der Waals surface area contributed by atoms with Crippen LogP contribution in [-0.4, -0.2) is 42.0 Å². The van der Waals surface area contributed by atoms with Crippen LogP contribution in [0.3, 0.4) is 0 Å². The fraction of sp³-hybridized carbons (Fsp3) is 0.417. The second kappa shape index (κ2) is 7.31. The van der Waals surface area contributed by atoms with Gasteiger partial charge in [0, 0.05) is 6.54 Å². The second-order valence-corrected chi connectivity index (χ2v) is 4.52. The molecule has 0 spiro atoms. The van der Waals surface area contributed by atoms with E-state index in [1.54, 1.807) is 0 Å². The van der Waals surface area contributed by atoms with Crippen molar-refractivity contribution >= 4 is 35.1 Å². The second-order valence-electron chi connectivity index (χ2n) is 3.78. The van der Waals surface area contributed by atoms with Gasteiger partial charge in [0.1, 0.15) is 16.9 Å². The van der Waals surface area contributed by atoms with E-state index in [1.165, 1.54) is 24.1 Å². The van der Waals surface area contributed by atoms with Crippen molar-refractivity contribution in [1.82, 2.24) is 9.88 Å². The molecule has 0 unspecified atom stereocenters. The van der Waals surface area contributed by atoms with E-state index in [4.69, 9.17) is 23.2 Å². The molecular formula is C12H14Cl2N2O3. The van der Waals surface area contributed by atoms with Crippen molar-refractivity contribution in [3.05, 3.63) is 28.0 Å². The first-order valence-corrected chi connectivity index (χ1v) is 6.43. The summed E-state index contributed by atoms with van der Waals surface area (Å²) < 4.78 is 4.56. The van der Waals surface area contributed by atoms with Gasteiger partial charge in [-0.2, -0.15) is 0 Å². The SMILES string of the molecule is CCCN(CC(=O)OC)C(=O)c1ccc(Cl)nc1Cl. The molecule has 0 saturated heterocycles. The Labute approximate surface area is 121 Å². The number of pyridine rings is 1. The van der Waals surface area contributed by atoms with Gasteiger partial charge in [0.25, 0.3) is 5.91 Å². The predicted molar refractivity (Wildman–Crippen MR) is 72.5 cm³/mol. The Bertz CT molecular complexity index is 480. The molecule has 0 aliphatic carbocycles. The van der Waals surface area contributed by atoms with Gasteiger partial charge in [0.2, 0.25) is 0 Å². The Kier molecular flexibility index (Phi) is 6.05. The number of carbonyl (C=O) groups excluding carboxylic acids is 2. The normalized spacial score (nSPS) is 10.1. The average Bonchev–Trinajstić information content (AvgIpc) is 2.37. The summed E-state index contributed by atoms with van der Waals surface area (Å²) in [7, 11) is 1.27. The molecule has 0 bridgehead atoms. The molecule has 104 valence electrons. The zero-order valence-corrected chi connectivity index (χ0v) is 12.2. The Morgan fingerprint density at radius 1 is 1.37 bits per heavy atom. The smallest absolute Gasteiger partial charge is 0.325 e. The van der Waals surface area contributed by atoms with Crippen molar-refractivity contribution in [2.24, 2.45) is 0 Å². The van der Waals surface area contributed by atoms with Gasteiger partial charge in [-0.25, -0.2) is 4.98 Å². The van der Waals surface area contributed by atoms with Crippen LogP contribution in [0, 0.1) is 0 Å². The topological polar surface area (TPSA) is 59.5 Å². The van der Waals surface area contributed by atoms with Crippen LogP contribution in [0.2, 0.25) is 10.3 Å². The van der Waals surface area contributed by atoms with E-state index in [2.05, 4.69) is 9.72 Å². The lowest BCUT2D eigenvalue weighted by atomic mass is 10.2. The number of halogens is 2. The number of hydrogen-bond donors (Lipinski definition) is 0. The minimum Gasteiger partial charge on any atom is -0.468 e. The number of esters is 1. The third-order valence-electron chi connectivity index (χ3n) is 2.37. The van der Waals surface area contributed by atoms with Crippen LogP contribution in [0.15, 0.2) is 12.1 Å². The minimum atomic E-state index is -0.486. The quantitative estimate of drug-likeness (QED) is 0.619. The number of aromatic nitrogens is 1. The number of ether oxygens (including phenoxy) is 1. The van der Waals surface area contributed by atoms with E-state index in [1.807, 2.05) is 6.92 Å². The highest BCUT2D eigenvalue weighted by atomic mass is 35.5. The van der Waals surface area contributed by atoms with Crippen molar-refractivity contribution in [3.8, 4) is 0 Å². The van der Waals surface area contributed by atoms with E-state index in [0.29, 0.717) is 13.0 Å². The zero-order valence-electron chi connectivity index (χ0n) is 10.7. The fourth-order valence-electron chi connectivity index (χ4n) is 1.48. The molecule has 1 rings (SSSR count). The van der Waals surface area contributed by atoms with Crippen molar-refractivity contribution in [1.29, 1.82) is 0 Å². The number of amides is 1. The summed E-state index contributed by atoms with van der Waals surface area (Å²) in [6.45, 7) is 2.20. The van der Waals surface area contributed by atoms with Crippen molar-refractivity contribution in [2.75, 3.05) is 20.2 Å². The highest BCUT2D eigenvalue weighted by Gasteiger charge is 2.21. The maximum absolute atomic E-state index is 12.3. The predicted octanol–water partition coefficient (Wildman–Crippen LogP) is 2.41. The summed E-state index contributed by atoms with van der Waals surface area (Å²) in [5.41, 5.74) is 0.211. The molecule has 0 aliphatic rings. The molecule has 19 heavy (non-hydrogen) atoms. The lowest BCUT2D eigenvalue weighted by Gasteiger charge is -2.21. The highest BCUT2D eigenvalue weighted by molar-refractivity contribution is 6.34. The summed E-state index contributed by atoms with van der Waals surface area (Å²) >= 11 is 11.6. The molecule has 0 atom stereocenters. The molecule has 0 radical (unpaired) electrons. The van der Waals surface area contributed by atoms with Gasteiger partial charge in [-0.15, -0.1) is 0 Å². The number of rotatable bonds is 5. The fourth-order valence-corrected chi connectivity index (χ4v) is 1.91. The molecular weight excluding hydrogens is 291 g/mol. The van der Waals surface area contributed by atoms with E-state index < -0.39 is 5.97 Å². The number of carbonyl (C=O) groups is 2. The van der Waals surface area contributed by atoms with E-state index >= 15 is 0 Å². The van der Waals surface area contributed by atoms with Crippen molar-refractivity contribution in [2.45, 2.75) is 13.3 Å². The molecule has 0 saturated carbocycles. The van der Waals surface area contributed by atoms with Crippen LogP contribution >= 0.6 is 23.2 Å². The molecule has 0 N–H and O–H groups in total. The minimum absolute atomic E-state index is 0.0171. The molecule has 1 aromatic rings. The van der Waals surface area contributed by atoms with Crippen LogP contribution in [0.4, 0.5) is 0 Å². The third kappa shape index (κ3) is 4.36. The standard InChI is InChI=1S/C12H14Cl2N2O3/c1-3-6-16(7-10(17)19-2)12(18)8-4-5-9(13)15-11(8)14/h4-5H,3,6-7H2,1-2H3. The molecule has 0 aromatic carbocycles. The first-order valence-electron chi connectivity index (χ1n) is 5.67.